The van der Waals surface area contributed by atoms with Crippen molar-refractivity contribution >= 4 is 29.4 Å². The Morgan fingerprint density at radius 1 is 0.839 bits per heavy atom. The summed E-state index contributed by atoms with van der Waals surface area (Å²) in [6.45, 7) is 0. The molecule has 3 rings (SSSR count). The fourth-order valence-electron chi connectivity index (χ4n) is 4.97. The van der Waals surface area contributed by atoms with Gasteiger partial charge in [0, 0.05) is 12.1 Å². The van der Waals surface area contributed by atoms with Crippen LogP contribution in [0.15, 0.2) is 10.2 Å². The molecular weight excluding hydrogens is 396 g/mol. The molecule has 9 heteroatoms. The minimum atomic E-state index is -1.29. The minimum Gasteiger partial charge on any atom is -0.369 e. The third-order valence-electron chi connectivity index (χ3n) is 6.62. The number of nitrogens with zero attached hydrogens (tertiary/aromatic N) is 3. The van der Waals surface area contributed by atoms with Crippen LogP contribution < -0.4 is 16.8 Å². The van der Waals surface area contributed by atoms with Gasteiger partial charge in [-0.1, -0.05) is 64.2 Å². The Balaban J connectivity index is 1.81. The Kier molecular flexibility index (Phi) is 8.43. The lowest BCUT2D eigenvalue weighted by molar-refractivity contribution is -0.143. The lowest BCUT2D eigenvalue weighted by Gasteiger charge is -2.28. The number of hydrogen-bond acceptors (Lipinski definition) is 5. The van der Waals surface area contributed by atoms with Crippen molar-refractivity contribution in [1.29, 1.82) is 0 Å². The molecular formula is C22H36N6O3. The topological polar surface area (TPSA) is 143 Å². The van der Waals surface area contributed by atoms with E-state index in [1.54, 1.807) is 0 Å². The Labute approximate surface area is 184 Å². The number of carbonyl (C=O) groups is 3. The third-order valence-corrected chi connectivity index (χ3v) is 6.62. The second-order valence-electron chi connectivity index (χ2n) is 9.01. The van der Waals surface area contributed by atoms with Crippen LogP contribution >= 0.6 is 0 Å². The molecule has 1 unspecified atom stereocenters. The van der Waals surface area contributed by atoms with Crippen molar-refractivity contribution in [2.24, 2.45) is 27.6 Å². The summed E-state index contributed by atoms with van der Waals surface area (Å²) in [5, 5.41) is 10.5. The molecule has 2 saturated carbocycles. The molecule has 0 aromatic rings. The Morgan fingerprint density at radius 3 is 1.90 bits per heavy atom. The van der Waals surface area contributed by atoms with E-state index in [1.165, 1.54) is 17.7 Å². The summed E-state index contributed by atoms with van der Waals surface area (Å²) in [7, 11) is 0. The molecule has 1 saturated heterocycles. The molecule has 31 heavy (non-hydrogen) atoms. The molecule has 2 aliphatic carbocycles. The van der Waals surface area contributed by atoms with Crippen molar-refractivity contribution in [2.45, 2.75) is 102 Å². The van der Waals surface area contributed by atoms with Gasteiger partial charge in [-0.25, -0.2) is 0 Å². The molecule has 0 spiro atoms. The molecule has 5 N–H and O–H groups in total. The highest BCUT2D eigenvalue weighted by Gasteiger charge is 2.51. The van der Waals surface area contributed by atoms with E-state index in [-0.39, 0.29) is 23.8 Å². The molecule has 0 aromatic carbocycles. The van der Waals surface area contributed by atoms with Crippen molar-refractivity contribution in [3.63, 3.8) is 0 Å². The van der Waals surface area contributed by atoms with Crippen LogP contribution in [0.3, 0.4) is 0 Å². The molecule has 0 radical (unpaired) electrons. The fourth-order valence-corrected chi connectivity index (χ4v) is 4.97. The van der Waals surface area contributed by atoms with Crippen molar-refractivity contribution in [3.05, 3.63) is 0 Å². The van der Waals surface area contributed by atoms with Gasteiger partial charge in [-0.05, 0) is 25.7 Å². The summed E-state index contributed by atoms with van der Waals surface area (Å²) in [4.78, 5) is 40.9. The van der Waals surface area contributed by atoms with E-state index in [9.17, 15) is 14.4 Å². The zero-order valence-corrected chi connectivity index (χ0v) is 18.4. The van der Waals surface area contributed by atoms with Crippen LogP contribution in [-0.4, -0.2) is 46.4 Å². The van der Waals surface area contributed by atoms with Crippen LogP contribution in [0.4, 0.5) is 0 Å². The highest BCUT2D eigenvalue weighted by atomic mass is 16.2. The summed E-state index contributed by atoms with van der Waals surface area (Å²) < 4.78 is 0. The molecule has 3 fully saturated rings. The smallest absolute Gasteiger partial charge is 0.278 e. The van der Waals surface area contributed by atoms with Gasteiger partial charge in [-0.15, -0.1) is 10.2 Å². The second kappa shape index (κ2) is 11.2. The van der Waals surface area contributed by atoms with Gasteiger partial charge in [0.25, 0.3) is 5.91 Å². The van der Waals surface area contributed by atoms with Gasteiger partial charge in [0.15, 0.2) is 11.6 Å². The molecule has 172 valence electrons. The first-order valence-corrected chi connectivity index (χ1v) is 11.8. The number of likely N-dealkylation sites (tertiary alicyclic amines) is 1. The summed E-state index contributed by atoms with van der Waals surface area (Å²) in [5.41, 5.74) is 10.6. The van der Waals surface area contributed by atoms with Gasteiger partial charge >= 0.3 is 0 Å². The maximum absolute atomic E-state index is 13.3. The van der Waals surface area contributed by atoms with Crippen molar-refractivity contribution in [3.8, 4) is 0 Å². The maximum atomic E-state index is 13.3. The van der Waals surface area contributed by atoms with E-state index in [2.05, 4.69) is 15.5 Å². The fraction of sp³-hybridized carbons (Fsp3) is 0.773. The van der Waals surface area contributed by atoms with E-state index < -0.39 is 23.6 Å². The molecule has 3 amide bonds. The number of nitrogens with one attached hydrogen (secondary N) is 1. The van der Waals surface area contributed by atoms with Crippen LogP contribution in [0.1, 0.15) is 89.9 Å². The van der Waals surface area contributed by atoms with Gasteiger partial charge in [0.2, 0.25) is 17.8 Å². The summed E-state index contributed by atoms with van der Waals surface area (Å²) in [6.07, 6.45) is 14.2. The average Bonchev–Trinajstić information content (AvgIpc) is 2.92. The van der Waals surface area contributed by atoms with E-state index >= 15 is 0 Å². The van der Waals surface area contributed by atoms with E-state index in [0.717, 1.165) is 77.0 Å². The lowest BCUT2D eigenvalue weighted by Crippen LogP contribution is -2.45. The number of rotatable bonds is 4. The van der Waals surface area contributed by atoms with Crippen LogP contribution in [0.5, 0.6) is 0 Å². The Morgan fingerprint density at radius 2 is 1.35 bits per heavy atom. The number of carbonyl (C=O) groups excluding carboxylic acids is 3. The third kappa shape index (κ3) is 6.04. The Bertz CT molecular complexity index is 715. The van der Waals surface area contributed by atoms with Gasteiger partial charge in [0.1, 0.15) is 0 Å². The number of imide groups is 1. The predicted molar refractivity (Wildman–Crippen MR) is 119 cm³/mol. The summed E-state index contributed by atoms with van der Waals surface area (Å²) in [5.74, 6) is -3.12. The first kappa shape index (κ1) is 23.2. The monoisotopic (exact) mass is 432 g/mol. The molecule has 0 aromatic heterocycles. The number of amides is 3. The van der Waals surface area contributed by atoms with Gasteiger partial charge in [0.05, 0.1) is 0 Å². The van der Waals surface area contributed by atoms with Gasteiger partial charge in [-0.2, -0.15) is 0 Å². The standard InChI is InChI=1S/C22H36N6O3/c23-22(24)27-26-18-17(19(29)25-15-11-7-3-1-4-8-12-15)20(30)28(21(18)31)16-13-9-5-2-6-10-14-16/h15-17H,1-14H2,(H,25,29)(H4,23,24,27)/b26-18-. The number of hydrogen-bond donors (Lipinski definition) is 3. The molecule has 9 nitrogen and oxygen atoms in total. The predicted octanol–water partition coefficient (Wildman–Crippen LogP) is 1.94. The highest BCUT2D eigenvalue weighted by molar-refractivity contribution is 6.54. The largest absolute Gasteiger partial charge is 0.369 e. The summed E-state index contributed by atoms with van der Waals surface area (Å²) in [6, 6.07) is -0.195. The normalized spacial score (nSPS) is 26.1. The lowest BCUT2D eigenvalue weighted by atomic mass is 9.95. The zero-order chi connectivity index (χ0) is 22.2. The van der Waals surface area contributed by atoms with Gasteiger partial charge in [-0.3, -0.25) is 19.3 Å². The summed E-state index contributed by atoms with van der Waals surface area (Å²) >= 11 is 0. The first-order chi connectivity index (χ1) is 15.0. The van der Waals surface area contributed by atoms with E-state index in [1.807, 2.05) is 0 Å². The minimum absolute atomic E-state index is 0.00970. The maximum Gasteiger partial charge on any atom is 0.278 e. The second-order valence-corrected chi connectivity index (χ2v) is 9.01. The SMILES string of the molecule is NC(N)=N/N=C1\C(=O)N(C2CCCCCCC2)C(=O)C1C(=O)NC1CCCCCCC1. The molecule has 1 atom stereocenters. The zero-order valence-electron chi connectivity index (χ0n) is 18.4. The van der Waals surface area contributed by atoms with Crippen molar-refractivity contribution < 1.29 is 14.4 Å². The van der Waals surface area contributed by atoms with E-state index in [4.69, 9.17) is 11.5 Å². The number of nitrogens with two attached hydrogens (primary N) is 2. The van der Waals surface area contributed by atoms with Crippen LogP contribution in [0, 0.1) is 5.92 Å². The molecule has 1 heterocycles. The molecule has 0 bridgehead atoms. The van der Waals surface area contributed by atoms with Crippen molar-refractivity contribution in [1.82, 2.24) is 10.2 Å². The van der Waals surface area contributed by atoms with E-state index in [0.29, 0.717) is 0 Å². The van der Waals surface area contributed by atoms with Gasteiger partial charge < -0.3 is 16.8 Å². The van der Waals surface area contributed by atoms with Crippen LogP contribution in [0.25, 0.3) is 0 Å². The molecule has 1 aliphatic heterocycles. The quantitative estimate of drug-likeness (QED) is 0.204. The Hall–Kier alpha value is -2.45. The molecule has 3 aliphatic rings. The van der Waals surface area contributed by atoms with Crippen LogP contribution in [0.2, 0.25) is 0 Å². The average molecular weight is 433 g/mol. The highest BCUT2D eigenvalue weighted by Crippen LogP contribution is 2.28. The van der Waals surface area contributed by atoms with Crippen LogP contribution in [-0.2, 0) is 14.4 Å². The van der Waals surface area contributed by atoms with Crippen molar-refractivity contribution in [2.75, 3.05) is 0 Å². The first-order valence-electron chi connectivity index (χ1n) is 11.8. The number of guanidine groups is 1.